The summed E-state index contributed by atoms with van der Waals surface area (Å²) in [6.45, 7) is 7.52. The fourth-order valence-corrected chi connectivity index (χ4v) is 5.30. The number of benzene rings is 1. The molecule has 0 spiro atoms. The molecule has 0 aromatic heterocycles. The highest BCUT2D eigenvalue weighted by atomic mass is 35.5. The van der Waals surface area contributed by atoms with Crippen LogP contribution in [0.2, 0.25) is 0 Å². The van der Waals surface area contributed by atoms with Crippen LogP contribution in [0.5, 0.6) is 0 Å². The zero-order chi connectivity index (χ0) is 28.7. The van der Waals surface area contributed by atoms with Gasteiger partial charge in [-0.2, -0.15) is 0 Å². The van der Waals surface area contributed by atoms with Gasteiger partial charge in [-0.15, -0.1) is 24.8 Å². The van der Waals surface area contributed by atoms with Gasteiger partial charge in [0.05, 0.1) is 12.1 Å². The fraction of sp³-hybridized carbons (Fsp3) is 0.600. The van der Waals surface area contributed by atoms with Crippen molar-refractivity contribution in [2.45, 2.75) is 96.4 Å². The van der Waals surface area contributed by atoms with Crippen LogP contribution in [0.1, 0.15) is 77.0 Å². The van der Waals surface area contributed by atoms with Crippen LogP contribution in [0.3, 0.4) is 0 Å². The van der Waals surface area contributed by atoms with Gasteiger partial charge in [0, 0.05) is 25.4 Å². The molecule has 0 bridgehead atoms. The van der Waals surface area contributed by atoms with Gasteiger partial charge in [-0.3, -0.25) is 19.2 Å². The van der Waals surface area contributed by atoms with E-state index >= 15 is 0 Å². The van der Waals surface area contributed by atoms with E-state index < -0.39 is 29.6 Å². The zero-order valence-electron chi connectivity index (χ0n) is 24.2. The van der Waals surface area contributed by atoms with E-state index in [9.17, 15) is 19.2 Å². The molecule has 1 aromatic carbocycles. The van der Waals surface area contributed by atoms with E-state index in [1.807, 2.05) is 39.0 Å². The van der Waals surface area contributed by atoms with Crippen molar-refractivity contribution in [3.05, 3.63) is 35.4 Å². The fourth-order valence-electron chi connectivity index (χ4n) is 5.30. The Bertz CT molecular complexity index is 1110. The van der Waals surface area contributed by atoms with Gasteiger partial charge in [0.15, 0.2) is 0 Å². The highest BCUT2D eigenvalue weighted by Gasteiger charge is 2.45. The number of nitrogens with zero attached hydrogens (tertiary/aromatic N) is 1. The largest absolute Gasteiger partial charge is 0.351 e. The summed E-state index contributed by atoms with van der Waals surface area (Å²) < 4.78 is 0. The van der Waals surface area contributed by atoms with Crippen LogP contribution in [0.25, 0.3) is 0 Å². The highest BCUT2D eigenvalue weighted by molar-refractivity contribution is 5.94. The van der Waals surface area contributed by atoms with Crippen molar-refractivity contribution >= 4 is 36.0 Å². The van der Waals surface area contributed by atoms with Gasteiger partial charge in [0.1, 0.15) is 12.1 Å². The molecule has 3 rings (SSSR count). The molecule has 5 atom stereocenters. The standard InChI is InChI=1S/C30H43N5O4.ClH/c1-7-8-16-25(36)32-21-17-24(28(38)33-23-15-11-13-20-12-9-10-14-22(20)23)35(18-21)29(39)26(30(3,4)5)34-27(37)19(2)31-6;/h1,9-10,12,14,19,21,23-24,26,31H,8,11,13,15-18H2,2-6H3,(H,32,36)(H,33,38)(H,34,37);1H/t19-,21-,23+,24-,26+;/m0./s1. The number of terminal acetylenes is 1. The van der Waals surface area contributed by atoms with Gasteiger partial charge in [-0.1, -0.05) is 45.0 Å². The van der Waals surface area contributed by atoms with Crippen LogP contribution in [0.15, 0.2) is 24.3 Å². The Morgan fingerprint density at radius 1 is 1.15 bits per heavy atom. The van der Waals surface area contributed by atoms with Gasteiger partial charge in [0.25, 0.3) is 0 Å². The number of hydrogen-bond acceptors (Lipinski definition) is 5. The van der Waals surface area contributed by atoms with E-state index in [0.29, 0.717) is 6.42 Å². The van der Waals surface area contributed by atoms with E-state index in [0.717, 1.165) is 24.8 Å². The maximum Gasteiger partial charge on any atom is 0.246 e. The molecule has 1 aliphatic heterocycles. The quantitative estimate of drug-likeness (QED) is 0.338. The molecule has 0 radical (unpaired) electrons. The van der Waals surface area contributed by atoms with Crippen LogP contribution in [0.4, 0.5) is 0 Å². The molecule has 220 valence electrons. The molecule has 1 saturated heterocycles. The lowest BCUT2D eigenvalue weighted by molar-refractivity contribution is -0.144. The first-order valence-electron chi connectivity index (χ1n) is 13.8. The summed E-state index contributed by atoms with van der Waals surface area (Å²) in [6, 6.07) is 5.43. The second-order valence-corrected chi connectivity index (χ2v) is 11.7. The average molecular weight is 574 g/mol. The average Bonchev–Trinajstić information content (AvgIpc) is 3.32. The highest BCUT2D eigenvalue weighted by Crippen LogP contribution is 2.31. The van der Waals surface area contributed by atoms with Crippen molar-refractivity contribution in [1.82, 2.24) is 26.2 Å². The van der Waals surface area contributed by atoms with Crippen molar-refractivity contribution in [3.63, 3.8) is 0 Å². The Hall–Kier alpha value is -3.09. The summed E-state index contributed by atoms with van der Waals surface area (Å²) in [5.74, 6) is 1.35. The molecule has 0 unspecified atom stereocenters. The Labute approximate surface area is 244 Å². The summed E-state index contributed by atoms with van der Waals surface area (Å²) in [7, 11) is 1.68. The molecule has 1 aromatic rings. The normalized spacial score (nSPS) is 21.6. The molecule has 40 heavy (non-hydrogen) atoms. The number of halogens is 1. The molecule has 0 saturated carbocycles. The first-order valence-corrected chi connectivity index (χ1v) is 13.8. The lowest BCUT2D eigenvalue weighted by Gasteiger charge is -2.36. The van der Waals surface area contributed by atoms with Crippen molar-refractivity contribution in [2.75, 3.05) is 13.6 Å². The molecule has 1 heterocycles. The number of nitrogens with one attached hydrogen (secondary N) is 4. The van der Waals surface area contributed by atoms with Crippen molar-refractivity contribution in [3.8, 4) is 12.3 Å². The van der Waals surface area contributed by atoms with Crippen LogP contribution in [0, 0.1) is 17.8 Å². The van der Waals surface area contributed by atoms with Gasteiger partial charge in [-0.25, -0.2) is 0 Å². The lowest BCUT2D eigenvalue weighted by atomic mass is 9.85. The van der Waals surface area contributed by atoms with Crippen molar-refractivity contribution in [1.29, 1.82) is 0 Å². The monoisotopic (exact) mass is 573 g/mol. The van der Waals surface area contributed by atoms with Gasteiger partial charge in [0.2, 0.25) is 23.6 Å². The number of likely N-dealkylation sites (tertiary alicyclic amines) is 1. The van der Waals surface area contributed by atoms with Crippen LogP contribution in [-0.4, -0.2) is 66.3 Å². The molecule has 1 aliphatic carbocycles. The van der Waals surface area contributed by atoms with Gasteiger partial charge >= 0.3 is 0 Å². The van der Waals surface area contributed by atoms with Gasteiger partial charge in [-0.05, 0) is 56.2 Å². The maximum absolute atomic E-state index is 14.0. The van der Waals surface area contributed by atoms with Crippen LogP contribution >= 0.6 is 12.4 Å². The zero-order valence-corrected chi connectivity index (χ0v) is 25.0. The van der Waals surface area contributed by atoms with Crippen molar-refractivity contribution in [2.24, 2.45) is 5.41 Å². The maximum atomic E-state index is 14.0. The van der Waals surface area contributed by atoms with Crippen LogP contribution in [-0.2, 0) is 25.6 Å². The second-order valence-electron chi connectivity index (χ2n) is 11.7. The first-order chi connectivity index (χ1) is 18.5. The predicted molar refractivity (Wildman–Crippen MR) is 158 cm³/mol. The summed E-state index contributed by atoms with van der Waals surface area (Å²) >= 11 is 0. The first kappa shape index (κ1) is 33.1. The second kappa shape index (κ2) is 14.5. The number of carbonyl (C=O) groups is 4. The van der Waals surface area contributed by atoms with E-state index in [4.69, 9.17) is 6.42 Å². The topological polar surface area (TPSA) is 120 Å². The van der Waals surface area contributed by atoms with Gasteiger partial charge < -0.3 is 26.2 Å². The molecular weight excluding hydrogens is 530 g/mol. The molecule has 4 N–H and O–H groups in total. The van der Waals surface area contributed by atoms with E-state index in [-0.39, 0.29) is 61.5 Å². The Kier molecular flexibility index (Phi) is 12.0. The number of amides is 4. The number of likely N-dealkylation sites (N-methyl/N-ethyl adjacent to an activating group) is 1. The third kappa shape index (κ3) is 8.21. The van der Waals surface area contributed by atoms with E-state index in [2.05, 4.69) is 33.3 Å². The number of carbonyl (C=O) groups excluding carboxylic acids is 4. The van der Waals surface area contributed by atoms with Crippen LogP contribution < -0.4 is 21.3 Å². The van der Waals surface area contributed by atoms with Crippen molar-refractivity contribution < 1.29 is 19.2 Å². The minimum atomic E-state index is -0.859. The number of fused-ring (bicyclic) bond motifs is 1. The number of rotatable bonds is 9. The smallest absolute Gasteiger partial charge is 0.246 e. The molecule has 10 heteroatoms. The lowest BCUT2D eigenvalue weighted by Crippen LogP contribution is -2.59. The molecular formula is C30H44ClN5O4. The van der Waals surface area contributed by atoms with E-state index in [1.54, 1.807) is 14.0 Å². The summed E-state index contributed by atoms with van der Waals surface area (Å²) in [6.07, 6.45) is 8.83. The van der Waals surface area contributed by atoms with E-state index in [1.165, 1.54) is 10.5 Å². The Morgan fingerprint density at radius 2 is 1.85 bits per heavy atom. The molecule has 4 amide bonds. The minimum Gasteiger partial charge on any atom is -0.351 e. The SMILES string of the molecule is C#CCCC(=O)N[C@H]1C[C@@H](C(=O)N[C@@H]2CCCc3ccccc32)N(C(=O)[C@@H](NC(=O)[C@H](C)NC)C(C)(C)C)C1.Cl. The number of aryl methyl sites for hydroxylation is 1. The Morgan fingerprint density at radius 3 is 2.50 bits per heavy atom. The molecule has 2 aliphatic rings. The predicted octanol–water partition coefficient (Wildman–Crippen LogP) is 2.24. The minimum absolute atomic E-state index is 0. The third-order valence-electron chi connectivity index (χ3n) is 7.66. The summed E-state index contributed by atoms with van der Waals surface area (Å²) in [5, 5.41) is 11.9. The summed E-state index contributed by atoms with van der Waals surface area (Å²) in [4.78, 5) is 54.5. The molecule has 9 nitrogen and oxygen atoms in total. The summed E-state index contributed by atoms with van der Waals surface area (Å²) in [5.41, 5.74) is 1.71. The number of hydrogen-bond donors (Lipinski definition) is 4. The Balaban J connectivity index is 0.00000560. The molecule has 1 fully saturated rings. The third-order valence-corrected chi connectivity index (χ3v) is 7.66.